The molecule has 2 aromatic heterocycles. The molecule has 2 atom stereocenters. The van der Waals surface area contributed by atoms with Crippen LogP contribution in [-0.2, 0) is 24.2 Å². The third-order valence-electron chi connectivity index (χ3n) is 5.62. The van der Waals surface area contributed by atoms with E-state index in [1.54, 1.807) is 6.20 Å². The predicted molar refractivity (Wildman–Crippen MR) is 91.2 cm³/mol. The SMILES string of the molecule is Nc1nc2c(c(C(=O)N3CC[C@H]4[C@H](C3)OCc3cnnn34)n1)CCCC2. The number of hydrogen-bond acceptors (Lipinski definition) is 7. The summed E-state index contributed by atoms with van der Waals surface area (Å²) in [6.45, 7) is 1.65. The fourth-order valence-electron chi connectivity index (χ4n) is 4.31. The van der Waals surface area contributed by atoms with Gasteiger partial charge in [-0.25, -0.2) is 14.6 Å². The highest BCUT2D eigenvalue weighted by atomic mass is 16.5. The number of nitrogens with zero attached hydrogens (tertiary/aromatic N) is 6. The van der Waals surface area contributed by atoms with E-state index in [-0.39, 0.29) is 24.0 Å². The van der Waals surface area contributed by atoms with E-state index < -0.39 is 0 Å². The van der Waals surface area contributed by atoms with Gasteiger partial charge >= 0.3 is 0 Å². The molecule has 0 unspecified atom stereocenters. The molecule has 2 aromatic rings. The molecular formula is C17H21N7O2. The Hall–Kier alpha value is -2.55. The maximum absolute atomic E-state index is 13.2. The van der Waals surface area contributed by atoms with Crippen molar-refractivity contribution >= 4 is 11.9 Å². The van der Waals surface area contributed by atoms with Crippen LogP contribution in [0.15, 0.2) is 6.20 Å². The first-order chi connectivity index (χ1) is 12.7. The lowest BCUT2D eigenvalue weighted by Crippen LogP contribution is -2.50. The summed E-state index contributed by atoms with van der Waals surface area (Å²) in [5, 5.41) is 8.16. The van der Waals surface area contributed by atoms with E-state index in [0.29, 0.717) is 25.4 Å². The molecule has 0 radical (unpaired) electrons. The van der Waals surface area contributed by atoms with E-state index in [9.17, 15) is 4.79 Å². The van der Waals surface area contributed by atoms with Crippen molar-refractivity contribution in [2.45, 2.75) is 50.9 Å². The molecule has 26 heavy (non-hydrogen) atoms. The van der Waals surface area contributed by atoms with Gasteiger partial charge in [0.2, 0.25) is 5.95 Å². The number of carbonyl (C=O) groups is 1. The Morgan fingerprint density at radius 2 is 2.15 bits per heavy atom. The molecule has 1 aliphatic carbocycles. The number of nitrogens with two attached hydrogens (primary N) is 1. The highest BCUT2D eigenvalue weighted by Crippen LogP contribution is 2.32. The number of rotatable bonds is 1. The lowest BCUT2D eigenvalue weighted by Gasteiger charge is -2.41. The van der Waals surface area contributed by atoms with Crippen molar-refractivity contribution in [1.82, 2.24) is 29.9 Å². The van der Waals surface area contributed by atoms with E-state index in [1.807, 2.05) is 9.58 Å². The van der Waals surface area contributed by atoms with Gasteiger partial charge in [-0.3, -0.25) is 4.79 Å². The second-order valence-corrected chi connectivity index (χ2v) is 7.19. The predicted octanol–water partition coefficient (Wildman–Crippen LogP) is 0.515. The van der Waals surface area contributed by atoms with Crippen molar-refractivity contribution in [2.75, 3.05) is 18.8 Å². The lowest BCUT2D eigenvalue weighted by atomic mass is 9.93. The van der Waals surface area contributed by atoms with E-state index in [0.717, 1.165) is 49.1 Å². The Labute approximate surface area is 150 Å². The van der Waals surface area contributed by atoms with Crippen LogP contribution in [0.3, 0.4) is 0 Å². The van der Waals surface area contributed by atoms with E-state index in [1.165, 1.54) is 0 Å². The third-order valence-corrected chi connectivity index (χ3v) is 5.62. The van der Waals surface area contributed by atoms with Gasteiger partial charge in [0, 0.05) is 24.3 Å². The minimum absolute atomic E-state index is 0.0660. The molecule has 5 rings (SSSR count). The van der Waals surface area contributed by atoms with Crippen LogP contribution in [0.5, 0.6) is 0 Å². The first kappa shape index (κ1) is 15.7. The molecular weight excluding hydrogens is 334 g/mol. The maximum atomic E-state index is 13.2. The minimum atomic E-state index is -0.0723. The molecule has 1 saturated heterocycles. The maximum Gasteiger partial charge on any atom is 0.273 e. The van der Waals surface area contributed by atoms with Crippen molar-refractivity contribution in [3.63, 3.8) is 0 Å². The van der Waals surface area contributed by atoms with Crippen molar-refractivity contribution in [3.8, 4) is 0 Å². The zero-order valence-electron chi connectivity index (χ0n) is 14.5. The Kier molecular flexibility index (Phi) is 3.63. The quantitative estimate of drug-likeness (QED) is 0.793. The Morgan fingerprint density at radius 1 is 1.27 bits per heavy atom. The number of fused-ring (bicyclic) bond motifs is 4. The summed E-state index contributed by atoms with van der Waals surface area (Å²) in [6, 6.07) is 0.134. The fourth-order valence-corrected chi connectivity index (χ4v) is 4.31. The average Bonchev–Trinajstić information content (AvgIpc) is 3.15. The van der Waals surface area contributed by atoms with Crippen molar-refractivity contribution < 1.29 is 9.53 Å². The number of aryl methyl sites for hydroxylation is 1. The summed E-state index contributed by atoms with van der Waals surface area (Å²) in [6.07, 6.45) is 6.30. The average molecular weight is 355 g/mol. The molecule has 0 bridgehead atoms. The van der Waals surface area contributed by atoms with E-state index >= 15 is 0 Å². The largest absolute Gasteiger partial charge is 0.368 e. The monoisotopic (exact) mass is 355 g/mol. The van der Waals surface area contributed by atoms with Crippen molar-refractivity contribution in [1.29, 1.82) is 0 Å². The summed E-state index contributed by atoms with van der Waals surface area (Å²) < 4.78 is 7.91. The number of likely N-dealkylation sites (tertiary alicyclic amines) is 1. The highest BCUT2D eigenvalue weighted by molar-refractivity contribution is 5.94. The summed E-state index contributed by atoms with van der Waals surface area (Å²) >= 11 is 0. The van der Waals surface area contributed by atoms with Gasteiger partial charge in [0.1, 0.15) is 5.69 Å². The highest BCUT2D eigenvalue weighted by Gasteiger charge is 2.39. The van der Waals surface area contributed by atoms with Crippen molar-refractivity contribution in [3.05, 3.63) is 28.8 Å². The number of aromatic nitrogens is 5. The molecule has 1 amide bonds. The minimum Gasteiger partial charge on any atom is -0.368 e. The second-order valence-electron chi connectivity index (χ2n) is 7.19. The number of hydrogen-bond donors (Lipinski definition) is 1. The lowest BCUT2D eigenvalue weighted by molar-refractivity contribution is -0.0628. The smallest absolute Gasteiger partial charge is 0.273 e. The molecule has 0 spiro atoms. The van der Waals surface area contributed by atoms with E-state index in [2.05, 4.69) is 20.3 Å². The normalized spacial score (nSPS) is 24.5. The number of nitrogen functional groups attached to an aromatic ring is 1. The second kappa shape index (κ2) is 6.01. The van der Waals surface area contributed by atoms with Crippen LogP contribution in [0.4, 0.5) is 5.95 Å². The van der Waals surface area contributed by atoms with Gasteiger partial charge < -0.3 is 15.4 Å². The van der Waals surface area contributed by atoms with Gasteiger partial charge in [-0.05, 0) is 32.1 Å². The van der Waals surface area contributed by atoms with Gasteiger partial charge in [-0.2, -0.15) is 0 Å². The molecule has 9 heteroatoms. The number of anilines is 1. The first-order valence-corrected chi connectivity index (χ1v) is 9.16. The molecule has 0 aromatic carbocycles. The Bertz CT molecular complexity index is 865. The van der Waals surface area contributed by atoms with Crippen LogP contribution in [0.1, 0.15) is 52.7 Å². The zero-order chi connectivity index (χ0) is 17.7. The van der Waals surface area contributed by atoms with Crippen LogP contribution >= 0.6 is 0 Å². The molecule has 2 N–H and O–H groups in total. The van der Waals surface area contributed by atoms with Crippen molar-refractivity contribution in [2.24, 2.45) is 0 Å². The Balaban J connectivity index is 1.40. The summed E-state index contributed by atoms with van der Waals surface area (Å²) in [5.41, 5.74) is 9.23. The fraction of sp³-hybridized carbons (Fsp3) is 0.588. The molecule has 4 heterocycles. The first-order valence-electron chi connectivity index (χ1n) is 9.16. The van der Waals surface area contributed by atoms with Crippen LogP contribution in [0.2, 0.25) is 0 Å². The number of piperidine rings is 1. The summed E-state index contributed by atoms with van der Waals surface area (Å²) in [4.78, 5) is 23.7. The molecule has 9 nitrogen and oxygen atoms in total. The van der Waals surface area contributed by atoms with Gasteiger partial charge in [0.05, 0.1) is 30.6 Å². The number of ether oxygens (including phenoxy) is 1. The molecule has 0 saturated carbocycles. The summed E-state index contributed by atoms with van der Waals surface area (Å²) in [5.74, 6) is 0.119. The van der Waals surface area contributed by atoms with Gasteiger partial charge in [-0.1, -0.05) is 5.21 Å². The Morgan fingerprint density at radius 3 is 3.08 bits per heavy atom. The van der Waals surface area contributed by atoms with Crippen LogP contribution in [0.25, 0.3) is 0 Å². The number of amides is 1. The number of carbonyl (C=O) groups excluding carboxylic acids is 1. The molecule has 3 aliphatic rings. The topological polar surface area (TPSA) is 112 Å². The molecule has 1 fully saturated rings. The summed E-state index contributed by atoms with van der Waals surface area (Å²) in [7, 11) is 0. The van der Waals surface area contributed by atoms with E-state index in [4.69, 9.17) is 10.5 Å². The van der Waals surface area contributed by atoms with Gasteiger partial charge in [0.25, 0.3) is 5.91 Å². The van der Waals surface area contributed by atoms with Gasteiger partial charge in [-0.15, -0.1) is 5.10 Å². The molecule has 2 aliphatic heterocycles. The molecule has 136 valence electrons. The van der Waals surface area contributed by atoms with Crippen LogP contribution in [-0.4, -0.2) is 55.0 Å². The van der Waals surface area contributed by atoms with Crippen LogP contribution < -0.4 is 5.73 Å². The standard InChI is InChI=1S/C17H21N7O2/c18-17-20-12-4-2-1-3-11(12)15(21-17)16(25)23-6-5-13-14(8-23)26-9-10-7-19-22-24(10)13/h7,13-14H,1-6,8-9H2,(H2,18,20,21)/t13-,14-/m0/s1. The van der Waals surface area contributed by atoms with Gasteiger partial charge in [0.15, 0.2) is 0 Å². The van der Waals surface area contributed by atoms with Crippen LogP contribution in [0, 0.1) is 0 Å². The zero-order valence-corrected chi connectivity index (χ0v) is 14.5. The third kappa shape index (κ3) is 2.45.